The van der Waals surface area contributed by atoms with Crippen LogP contribution in [0.4, 0.5) is 18.9 Å². The van der Waals surface area contributed by atoms with Gasteiger partial charge in [0.15, 0.2) is 4.90 Å². The molecule has 158 valence electrons. The molecule has 4 aromatic rings. The number of halogens is 5. The minimum atomic E-state index is -4.44. The summed E-state index contributed by atoms with van der Waals surface area (Å²) in [6, 6.07) is 16.8. The van der Waals surface area contributed by atoms with Crippen molar-refractivity contribution in [3.8, 4) is 16.4 Å². The van der Waals surface area contributed by atoms with E-state index >= 15 is 0 Å². The smallest absolute Gasteiger partial charge is 0.416 e. The highest BCUT2D eigenvalue weighted by Crippen LogP contribution is 2.34. The van der Waals surface area contributed by atoms with E-state index < -0.39 is 22.2 Å². The average Bonchev–Trinajstić information content (AvgIpc) is 3.19. The molecule has 0 amide bonds. The zero-order chi connectivity index (χ0) is 22.0. The van der Waals surface area contributed by atoms with Crippen LogP contribution in [0.3, 0.4) is 0 Å². The van der Waals surface area contributed by atoms with Crippen molar-refractivity contribution < 1.29 is 17.9 Å². The molecule has 4 rings (SSSR count). The number of benzene rings is 3. The van der Waals surface area contributed by atoms with Crippen LogP contribution in [0, 0.1) is 0 Å². The van der Waals surface area contributed by atoms with Crippen molar-refractivity contribution in [1.82, 2.24) is 10.2 Å². The summed E-state index contributed by atoms with van der Waals surface area (Å²) in [6.07, 6.45) is -4.44. The third-order valence-corrected chi connectivity index (χ3v) is 6.53. The minimum absolute atomic E-state index is 0.0956. The normalized spacial score (nSPS) is 12.8. The molecule has 1 atom stereocenters. The number of nitrogens with one attached hydrogen (secondary N) is 1. The number of aromatic nitrogens is 2. The quantitative estimate of drug-likeness (QED) is 0.306. The van der Waals surface area contributed by atoms with E-state index in [0.29, 0.717) is 26.3 Å². The second kappa shape index (κ2) is 8.74. The first-order chi connectivity index (χ1) is 14.8. The molecular formula is C21H13Cl2F3N3OS+. The van der Waals surface area contributed by atoms with Gasteiger partial charge in [0.2, 0.25) is 0 Å². The second-order valence-electron chi connectivity index (χ2n) is 6.30. The van der Waals surface area contributed by atoms with Crippen molar-refractivity contribution in [2.24, 2.45) is 4.99 Å². The number of hydrogen-bond donors (Lipinski definition) is 1. The fraction of sp³-hybridized carbons (Fsp3) is 0.0476. The maximum atomic E-state index is 12.9. The molecule has 0 saturated carbocycles. The zero-order valence-corrected chi connectivity index (χ0v) is 17.9. The van der Waals surface area contributed by atoms with Crippen LogP contribution in [-0.2, 0) is 6.18 Å². The van der Waals surface area contributed by atoms with E-state index in [2.05, 4.69) is 15.2 Å². The summed E-state index contributed by atoms with van der Waals surface area (Å²) in [6.45, 7) is 0. The van der Waals surface area contributed by atoms with Crippen molar-refractivity contribution in [2.45, 2.75) is 6.18 Å². The maximum Gasteiger partial charge on any atom is 0.416 e. The van der Waals surface area contributed by atoms with Crippen molar-refractivity contribution >= 4 is 39.4 Å². The van der Waals surface area contributed by atoms with Gasteiger partial charge >= 0.3 is 11.0 Å². The highest BCUT2D eigenvalue weighted by atomic mass is 35.5. The molecule has 0 fully saturated rings. The molecule has 10 heteroatoms. The first-order valence-electron chi connectivity index (χ1n) is 8.81. The summed E-state index contributed by atoms with van der Waals surface area (Å²) in [4.78, 5) is 5.98. The molecule has 1 unspecified atom stereocenters. The monoisotopic (exact) mass is 482 g/mol. The average molecular weight is 483 g/mol. The predicted octanol–water partition coefficient (Wildman–Crippen LogP) is 7.50. The molecule has 0 aliphatic heterocycles. The Morgan fingerprint density at radius 3 is 2.39 bits per heavy atom. The van der Waals surface area contributed by atoms with Gasteiger partial charge in [0, 0.05) is 6.07 Å². The molecule has 31 heavy (non-hydrogen) atoms. The second-order valence-corrected chi connectivity index (χ2v) is 8.86. The topological polar surface area (TPSA) is 50.3 Å². The fourth-order valence-electron chi connectivity index (χ4n) is 2.70. The molecule has 0 spiro atoms. The van der Waals surface area contributed by atoms with Gasteiger partial charge in [0.05, 0.1) is 31.8 Å². The lowest BCUT2D eigenvalue weighted by atomic mass is 10.2. The van der Waals surface area contributed by atoms with Crippen LogP contribution < -0.4 is 9.54 Å². The lowest BCUT2D eigenvalue weighted by Crippen LogP contribution is -2.04. The summed E-state index contributed by atoms with van der Waals surface area (Å²) in [5.41, 5.74) is 1.54. The van der Waals surface area contributed by atoms with Crippen LogP contribution in [0.1, 0.15) is 5.56 Å². The number of ether oxygens (including phenoxy) is 1. The van der Waals surface area contributed by atoms with Gasteiger partial charge in [-0.05, 0) is 48.5 Å². The highest BCUT2D eigenvalue weighted by molar-refractivity contribution is 7.36. The predicted molar refractivity (Wildman–Crippen MR) is 116 cm³/mol. The van der Waals surface area contributed by atoms with E-state index in [1.807, 2.05) is 6.07 Å². The zero-order valence-electron chi connectivity index (χ0n) is 15.5. The van der Waals surface area contributed by atoms with Gasteiger partial charge in [-0.15, -0.1) is 5.10 Å². The third-order valence-electron chi connectivity index (χ3n) is 4.12. The molecule has 0 aliphatic rings. The highest BCUT2D eigenvalue weighted by Gasteiger charge is 2.30. The Labute approximate surface area is 187 Å². The molecule has 1 aromatic heterocycles. The first kappa shape index (κ1) is 21.4. The summed E-state index contributed by atoms with van der Waals surface area (Å²) in [7, 11) is -0.617. The molecule has 0 radical (unpaired) electrons. The van der Waals surface area contributed by atoms with Crippen molar-refractivity contribution in [3.63, 3.8) is 0 Å². The van der Waals surface area contributed by atoms with Gasteiger partial charge in [-0.25, -0.2) is 5.10 Å². The van der Waals surface area contributed by atoms with Crippen LogP contribution >= 0.6 is 33.7 Å². The molecule has 0 aliphatic carbocycles. The molecule has 4 nitrogen and oxygen atoms in total. The number of hydrogen-bond acceptors (Lipinski definition) is 3. The Balaban J connectivity index is 1.65. The van der Waals surface area contributed by atoms with E-state index in [-0.39, 0.29) is 5.75 Å². The van der Waals surface area contributed by atoms with Crippen molar-refractivity contribution in [3.05, 3.63) is 92.7 Å². The Hall–Kier alpha value is -2.81. The maximum absolute atomic E-state index is 12.9. The Morgan fingerprint density at radius 2 is 1.65 bits per heavy atom. The van der Waals surface area contributed by atoms with E-state index in [1.54, 1.807) is 41.9 Å². The van der Waals surface area contributed by atoms with E-state index in [1.165, 1.54) is 12.1 Å². The number of H-pyrrole nitrogens is 1. The molecule has 0 bridgehead atoms. The number of aromatic amines is 1. The molecule has 0 saturated heterocycles. The van der Waals surface area contributed by atoms with E-state index in [9.17, 15) is 13.2 Å². The lowest BCUT2D eigenvalue weighted by molar-refractivity contribution is -0.137. The standard InChI is InChI=1S/C21H13Cl2F3N3OS/c22-18-8-7-14(10-19(18)23)28-20-29-27-12-31(20)17-6-2-5-16(11-17)30-15-4-1-3-13(9-15)21(24,25)26/h1-12H,(H,28,29)/q+1. The molecule has 1 heterocycles. The van der Waals surface area contributed by atoms with Gasteiger partial charge in [-0.1, -0.05) is 35.3 Å². The number of alkyl halides is 3. The summed E-state index contributed by atoms with van der Waals surface area (Å²) >= 11 is 12.0. The molecule has 3 aromatic carbocycles. The summed E-state index contributed by atoms with van der Waals surface area (Å²) in [5, 5.41) is 7.78. The number of nitrogens with zero attached hydrogens (tertiary/aromatic N) is 2. The minimum Gasteiger partial charge on any atom is -0.457 e. The van der Waals surface area contributed by atoms with Crippen LogP contribution in [0.5, 0.6) is 11.5 Å². The number of rotatable bonds is 4. The van der Waals surface area contributed by atoms with Gasteiger partial charge in [0.1, 0.15) is 11.5 Å². The summed E-state index contributed by atoms with van der Waals surface area (Å²) in [5.74, 6) is 0.497. The summed E-state index contributed by atoms with van der Waals surface area (Å²) < 4.78 is 44.5. The van der Waals surface area contributed by atoms with Gasteiger partial charge < -0.3 is 4.74 Å². The van der Waals surface area contributed by atoms with Gasteiger partial charge in [-0.3, -0.25) is 0 Å². The third kappa shape index (κ3) is 5.10. The Morgan fingerprint density at radius 1 is 0.903 bits per heavy atom. The van der Waals surface area contributed by atoms with Crippen molar-refractivity contribution in [2.75, 3.05) is 0 Å². The lowest BCUT2D eigenvalue weighted by Gasteiger charge is -2.09. The van der Waals surface area contributed by atoms with Crippen LogP contribution in [0.2, 0.25) is 10.0 Å². The van der Waals surface area contributed by atoms with E-state index in [4.69, 9.17) is 27.9 Å². The van der Waals surface area contributed by atoms with Crippen LogP contribution in [0.15, 0.2) is 77.2 Å². The van der Waals surface area contributed by atoms with Crippen LogP contribution in [0.25, 0.3) is 4.90 Å². The van der Waals surface area contributed by atoms with Crippen LogP contribution in [-0.4, -0.2) is 10.2 Å². The first-order valence-corrected chi connectivity index (χ1v) is 10.9. The van der Waals surface area contributed by atoms with E-state index in [0.717, 1.165) is 17.0 Å². The Kier molecular flexibility index (Phi) is 6.04. The molecular weight excluding hydrogens is 470 g/mol. The fourth-order valence-corrected chi connectivity index (χ4v) is 4.42. The van der Waals surface area contributed by atoms with Crippen molar-refractivity contribution in [1.29, 1.82) is 0 Å². The van der Waals surface area contributed by atoms with Gasteiger partial charge in [0.25, 0.3) is 5.51 Å². The Bertz CT molecular complexity index is 1300. The van der Waals surface area contributed by atoms with Gasteiger partial charge in [-0.2, -0.15) is 18.2 Å². The SMILES string of the molecule is FC(F)(F)c1cccc(Oc2cccc(-[s+]3cn[nH]c3=Nc3ccc(Cl)c(Cl)c3)c2)c1. The molecule has 1 N–H and O–H groups in total. The largest absolute Gasteiger partial charge is 0.457 e.